The number of carbonyl (C=O) groups is 1. The standard InChI is InChI=1S/C11H16O2/c1-7-8-4-9(5-10(12)13-3)11(7,2)6-8/h5,7-8H,4,6H2,1-3H3/b9-5+/t7-,8+,11-/m1/s1. The van der Waals surface area contributed by atoms with Gasteiger partial charge in [-0.3, -0.25) is 0 Å². The molecule has 2 bridgehead atoms. The number of hydrogen-bond donors (Lipinski definition) is 0. The van der Waals surface area contributed by atoms with E-state index in [1.54, 1.807) is 6.08 Å². The van der Waals surface area contributed by atoms with E-state index in [0.717, 1.165) is 18.3 Å². The maximum Gasteiger partial charge on any atom is 0.330 e. The van der Waals surface area contributed by atoms with Crippen molar-refractivity contribution < 1.29 is 9.53 Å². The van der Waals surface area contributed by atoms with Crippen molar-refractivity contribution in [3.8, 4) is 0 Å². The quantitative estimate of drug-likeness (QED) is 0.456. The van der Waals surface area contributed by atoms with Crippen LogP contribution in [0.3, 0.4) is 0 Å². The molecule has 2 nitrogen and oxygen atoms in total. The molecule has 0 aliphatic heterocycles. The van der Waals surface area contributed by atoms with Gasteiger partial charge < -0.3 is 4.74 Å². The zero-order valence-electron chi connectivity index (χ0n) is 8.46. The molecular formula is C11H16O2. The summed E-state index contributed by atoms with van der Waals surface area (Å²) < 4.78 is 4.64. The fourth-order valence-corrected chi connectivity index (χ4v) is 2.88. The molecule has 0 aromatic rings. The van der Waals surface area contributed by atoms with E-state index in [1.807, 2.05) is 0 Å². The summed E-state index contributed by atoms with van der Waals surface area (Å²) >= 11 is 0. The van der Waals surface area contributed by atoms with Crippen LogP contribution in [-0.2, 0) is 9.53 Å². The predicted octanol–water partition coefficient (Wildman–Crippen LogP) is 2.15. The van der Waals surface area contributed by atoms with Crippen LogP contribution < -0.4 is 0 Å². The third-order valence-corrected chi connectivity index (χ3v) is 4.11. The van der Waals surface area contributed by atoms with Gasteiger partial charge in [0.1, 0.15) is 0 Å². The van der Waals surface area contributed by atoms with Gasteiger partial charge in [0.2, 0.25) is 0 Å². The Morgan fingerprint density at radius 1 is 1.69 bits per heavy atom. The highest BCUT2D eigenvalue weighted by Gasteiger charge is 2.56. The summed E-state index contributed by atoms with van der Waals surface area (Å²) in [4.78, 5) is 11.1. The fourth-order valence-electron chi connectivity index (χ4n) is 2.88. The van der Waals surface area contributed by atoms with Crippen LogP contribution in [0.25, 0.3) is 0 Å². The minimum Gasteiger partial charge on any atom is -0.466 e. The lowest BCUT2D eigenvalue weighted by Crippen LogP contribution is -2.36. The summed E-state index contributed by atoms with van der Waals surface area (Å²) in [5.41, 5.74) is 1.61. The summed E-state index contributed by atoms with van der Waals surface area (Å²) in [6.45, 7) is 4.54. The number of allylic oxidation sites excluding steroid dienone is 1. The van der Waals surface area contributed by atoms with Crippen molar-refractivity contribution in [2.24, 2.45) is 17.3 Å². The van der Waals surface area contributed by atoms with Gasteiger partial charge in [0.15, 0.2) is 0 Å². The Morgan fingerprint density at radius 2 is 2.38 bits per heavy atom. The molecule has 3 atom stereocenters. The molecule has 0 heterocycles. The fraction of sp³-hybridized carbons (Fsp3) is 0.727. The molecule has 0 radical (unpaired) electrons. The molecule has 3 saturated carbocycles. The number of carbonyl (C=O) groups excluding carboxylic acids is 1. The van der Waals surface area contributed by atoms with Crippen molar-refractivity contribution in [3.05, 3.63) is 11.6 Å². The van der Waals surface area contributed by atoms with Crippen LogP contribution in [0.1, 0.15) is 26.7 Å². The molecule has 0 spiro atoms. The highest BCUT2D eigenvalue weighted by molar-refractivity contribution is 5.83. The van der Waals surface area contributed by atoms with Crippen LogP contribution in [0.5, 0.6) is 0 Å². The number of rotatable bonds is 1. The van der Waals surface area contributed by atoms with Crippen LogP contribution >= 0.6 is 0 Å². The molecule has 0 aromatic heterocycles. The average molecular weight is 180 g/mol. The van der Waals surface area contributed by atoms with Crippen molar-refractivity contribution in [1.82, 2.24) is 0 Å². The normalized spacial score (nSPS) is 44.7. The molecule has 3 aliphatic rings. The Kier molecular flexibility index (Phi) is 1.76. The summed E-state index contributed by atoms with van der Waals surface area (Å²) in [6.07, 6.45) is 4.06. The number of hydrogen-bond acceptors (Lipinski definition) is 2. The smallest absolute Gasteiger partial charge is 0.330 e. The molecule has 0 saturated heterocycles. The third kappa shape index (κ3) is 1.04. The van der Waals surface area contributed by atoms with Crippen molar-refractivity contribution in [3.63, 3.8) is 0 Å². The van der Waals surface area contributed by atoms with Gasteiger partial charge in [-0.1, -0.05) is 19.4 Å². The Morgan fingerprint density at radius 3 is 2.77 bits per heavy atom. The van der Waals surface area contributed by atoms with Crippen LogP contribution in [0.15, 0.2) is 11.6 Å². The van der Waals surface area contributed by atoms with Gasteiger partial charge in [-0.2, -0.15) is 0 Å². The molecule has 72 valence electrons. The van der Waals surface area contributed by atoms with Crippen molar-refractivity contribution in [2.75, 3.05) is 7.11 Å². The van der Waals surface area contributed by atoms with E-state index in [9.17, 15) is 4.79 Å². The van der Waals surface area contributed by atoms with E-state index < -0.39 is 0 Å². The van der Waals surface area contributed by atoms with Crippen molar-refractivity contribution >= 4 is 5.97 Å². The highest BCUT2D eigenvalue weighted by atomic mass is 16.5. The second kappa shape index (κ2) is 2.60. The van der Waals surface area contributed by atoms with Gasteiger partial charge in [0, 0.05) is 6.08 Å². The number of fused-ring (bicyclic) bond motifs is 1. The number of methoxy groups -OCH3 is 1. The molecule has 2 heteroatoms. The van der Waals surface area contributed by atoms with E-state index in [-0.39, 0.29) is 5.97 Å². The van der Waals surface area contributed by atoms with E-state index in [0.29, 0.717) is 5.41 Å². The summed E-state index contributed by atoms with van der Waals surface area (Å²) in [6, 6.07) is 0. The Hall–Kier alpha value is -0.790. The molecule has 3 rings (SSSR count). The monoisotopic (exact) mass is 180 g/mol. The zero-order chi connectivity index (χ0) is 9.64. The molecule has 3 aliphatic carbocycles. The lowest BCUT2D eigenvalue weighted by Gasteiger charge is -2.43. The molecule has 0 unspecified atom stereocenters. The SMILES string of the molecule is COC(=O)/C=C1\C[C@H]2C[C@]1(C)[C@@H]2C. The maximum atomic E-state index is 11.1. The minimum absolute atomic E-state index is 0.198. The van der Waals surface area contributed by atoms with Gasteiger partial charge in [-0.05, 0) is 30.1 Å². The van der Waals surface area contributed by atoms with Gasteiger partial charge in [-0.15, -0.1) is 0 Å². The van der Waals surface area contributed by atoms with E-state index >= 15 is 0 Å². The van der Waals surface area contributed by atoms with Gasteiger partial charge in [0.05, 0.1) is 7.11 Å². The Labute approximate surface area is 79.0 Å². The van der Waals surface area contributed by atoms with E-state index in [4.69, 9.17) is 0 Å². The first-order valence-electron chi connectivity index (χ1n) is 4.87. The summed E-state index contributed by atoms with van der Waals surface area (Å²) in [5.74, 6) is 1.38. The first kappa shape index (κ1) is 8.79. The second-order valence-corrected chi connectivity index (χ2v) is 4.57. The minimum atomic E-state index is -0.198. The molecule has 0 aromatic carbocycles. The van der Waals surface area contributed by atoms with Crippen molar-refractivity contribution in [2.45, 2.75) is 26.7 Å². The Balaban J connectivity index is 2.20. The lowest BCUT2D eigenvalue weighted by atomic mass is 9.61. The molecule has 3 fully saturated rings. The summed E-state index contributed by atoms with van der Waals surface area (Å²) in [5, 5.41) is 0. The van der Waals surface area contributed by atoms with Crippen LogP contribution in [-0.4, -0.2) is 13.1 Å². The molecule has 0 N–H and O–H groups in total. The first-order chi connectivity index (χ1) is 6.08. The van der Waals surface area contributed by atoms with Crippen LogP contribution in [0.2, 0.25) is 0 Å². The Bertz CT molecular complexity index is 280. The van der Waals surface area contributed by atoms with Crippen LogP contribution in [0.4, 0.5) is 0 Å². The van der Waals surface area contributed by atoms with Crippen molar-refractivity contribution in [1.29, 1.82) is 0 Å². The second-order valence-electron chi connectivity index (χ2n) is 4.57. The number of ether oxygens (including phenoxy) is 1. The van der Waals surface area contributed by atoms with Crippen LogP contribution in [0, 0.1) is 17.3 Å². The van der Waals surface area contributed by atoms with Gasteiger partial charge >= 0.3 is 5.97 Å². The van der Waals surface area contributed by atoms with E-state index in [2.05, 4.69) is 18.6 Å². The largest absolute Gasteiger partial charge is 0.466 e. The molecule has 13 heavy (non-hydrogen) atoms. The lowest BCUT2D eigenvalue weighted by molar-refractivity contribution is -0.135. The summed E-state index contributed by atoms with van der Waals surface area (Å²) in [7, 11) is 1.44. The van der Waals surface area contributed by atoms with Gasteiger partial charge in [-0.25, -0.2) is 4.79 Å². The predicted molar refractivity (Wildman–Crippen MR) is 50.1 cm³/mol. The topological polar surface area (TPSA) is 26.3 Å². The molecule has 0 amide bonds. The third-order valence-electron chi connectivity index (χ3n) is 4.11. The average Bonchev–Trinajstić information content (AvgIpc) is 2.55. The first-order valence-corrected chi connectivity index (χ1v) is 4.87. The van der Waals surface area contributed by atoms with Gasteiger partial charge in [0.25, 0.3) is 0 Å². The zero-order valence-corrected chi connectivity index (χ0v) is 8.46. The number of esters is 1. The highest BCUT2D eigenvalue weighted by Crippen LogP contribution is 2.65. The maximum absolute atomic E-state index is 11.1. The van der Waals surface area contributed by atoms with E-state index in [1.165, 1.54) is 19.1 Å². The molecular weight excluding hydrogens is 164 g/mol.